The number of hydrogen-bond acceptors (Lipinski definition) is 6. The van der Waals surface area contributed by atoms with Gasteiger partial charge in [0.2, 0.25) is 0 Å². The zero-order chi connectivity index (χ0) is 18.3. The summed E-state index contributed by atoms with van der Waals surface area (Å²) in [5, 5.41) is 6.44. The zero-order valence-electron chi connectivity index (χ0n) is 13.1. The number of rotatable bonds is 3. The Morgan fingerprint density at radius 3 is 2.27 bits per heavy atom. The minimum atomic E-state index is -0.890. The summed E-state index contributed by atoms with van der Waals surface area (Å²) in [6, 6.07) is 12.3. The van der Waals surface area contributed by atoms with Gasteiger partial charge in [-0.2, -0.15) is 5.10 Å². The first kappa shape index (κ1) is 15.5. The number of aromatic amines is 2. The first-order valence-corrected chi connectivity index (χ1v) is 7.50. The Hall–Kier alpha value is -4.01. The summed E-state index contributed by atoms with van der Waals surface area (Å²) in [6.07, 6.45) is 0. The fourth-order valence-corrected chi connectivity index (χ4v) is 2.59. The number of hydroxylamine groups is 2. The number of hydrogen-bond donors (Lipinski definition) is 2. The Bertz CT molecular complexity index is 1080. The molecule has 1 aromatic heterocycles. The number of H-pyrrole nitrogens is 2. The lowest BCUT2D eigenvalue weighted by Crippen LogP contribution is -2.32. The van der Waals surface area contributed by atoms with E-state index in [-0.39, 0.29) is 22.5 Å². The van der Waals surface area contributed by atoms with Crippen molar-refractivity contribution in [3.05, 3.63) is 75.7 Å². The largest absolute Gasteiger partial charge is 0.363 e. The highest BCUT2D eigenvalue weighted by Gasteiger charge is 2.38. The second-order valence-electron chi connectivity index (χ2n) is 5.44. The van der Waals surface area contributed by atoms with Crippen molar-refractivity contribution in [2.24, 2.45) is 0 Å². The summed E-state index contributed by atoms with van der Waals surface area (Å²) >= 11 is 0. The lowest BCUT2D eigenvalue weighted by molar-refractivity contribution is -0.0584. The van der Waals surface area contributed by atoms with Crippen molar-refractivity contribution in [2.45, 2.75) is 0 Å². The molecular weight excluding hydrogens is 340 g/mol. The van der Waals surface area contributed by atoms with Crippen LogP contribution < -0.4 is 5.69 Å². The van der Waals surface area contributed by atoms with Gasteiger partial charge < -0.3 is 4.84 Å². The molecule has 0 atom stereocenters. The third-order valence-electron chi connectivity index (χ3n) is 3.80. The standard InChI is InChI=1S/C17H10N4O5/c22-14-11-6-1-2-7-12(11)15(23)21(14)26-16(24)10-5-3-4-9(8-10)13-18-17(25)20-19-13/h1-8H,(H2,18,19,20,25). The van der Waals surface area contributed by atoms with E-state index in [1.54, 1.807) is 24.3 Å². The van der Waals surface area contributed by atoms with E-state index in [9.17, 15) is 19.2 Å². The molecule has 128 valence electrons. The predicted octanol–water partition coefficient (Wildman–Crippen LogP) is 1.13. The third-order valence-corrected chi connectivity index (χ3v) is 3.80. The van der Waals surface area contributed by atoms with Gasteiger partial charge in [-0.15, -0.1) is 0 Å². The van der Waals surface area contributed by atoms with Gasteiger partial charge >= 0.3 is 11.7 Å². The second-order valence-corrected chi connectivity index (χ2v) is 5.44. The molecular formula is C17H10N4O5. The number of nitrogens with one attached hydrogen (secondary N) is 2. The van der Waals surface area contributed by atoms with E-state index in [0.717, 1.165) is 0 Å². The molecule has 0 bridgehead atoms. The van der Waals surface area contributed by atoms with Crippen LogP contribution in [0, 0.1) is 0 Å². The molecule has 0 aliphatic carbocycles. The van der Waals surface area contributed by atoms with Crippen LogP contribution in [0.2, 0.25) is 0 Å². The predicted molar refractivity (Wildman–Crippen MR) is 87.0 cm³/mol. The van der Waals surface area contributed by atoms with Crippen LogP contribution in [0.1, 0.15) is 31.1 Å². The van der Waals surface area contributed by atoms with Crippen molar-refractivity contribution in [3.63, 3.8) is 0 Å². The van der Waals surface area contributed by atoms with E-state index in [2.05, 4.69) is 15.2 Å². The quantitative estimate of drug-likeness (QED) is 0.682. The number of aromatic nitrogens is 3. The maximum absolute atomic E-state index is 12.4. The molecule has 0 spiro atoms. The van der Waals surface area contributed by atoms with E-state index in [4.69, 9.17) is 4.84 Å². The highest BCUT2D eigenvalue weighted by molar-refractivity contribution is 6.21. The van der Waals surface area contributed by atoms with Gasteiger partial charge in [0.05, 0.1) is 16.7 Å². The summed E-state index contributed by atoms with van der Waals surface area (Å²) in [7, 11) is 0. The number of fused-ring (bicyclic) bond motifs is 1. The summed E-state index contributed by atoms with van der Waals surface area (Å²) in [5.41, 5.74) is 0.406. The monoisotopic (exact) mass is 350 g/mol. The van der Waals surface area contributed by atoms with Crippen LogP contribution in [-0.4, -0.2) is 38.0 Å². The van der Waals surface area contributed by atoms with Crippen LogP contribution >= 0.6 is 0 Å². The molecule has 2 aromatic carbocycles. The van der Waals surface area contributed by atoms with Crippen LogP contribution in [0.15, 0.2) is 53.3 Å². The summed E-state index contributed by atoms with van der Waals surface area (Å²) in [5.74, 6) is -2.05. The van der Waals surface area contributed by atoms with Crippen LogP contribution in [0.3, 0.4) is 0 Å². The lowest BCUT2D eigenvalue weighted by Gasteiger charge is -2.12. The Morgan fingerprint density at radius 1 is 0.962 bits per heavy atom. The van der Waals surface area contributed by atoms with E-state index >= 15 is 0 Å². The molecule has 3 aromatic rings. The van der Waals surface area contributed by atoms with Crippen molar-refractivity contribution in [1.29, 1.82) is 0 Å². The molecule has 0 radical (unpaired) electrons. The van der Waals surface area contributed by atoms with Crippen molar-refractivity contribution < 1.29 is 19.2 Å². The summed E-state index contributed by atoms with van der Waals surface area (Å²) < 4.78 is 0. The number of carbonyl (C=O) groups is 3. The van der Waals surface area contributed by atoms with Gasteiger partial charge in [0.25, 0.3) is 11.8 Å². The molecule has 0 saturated carbocycles. The molecule has 2 heterocycles. The van der Waals surface area contributed by atoms with Gasteiger partial charge in [-0.1, -0.05) is 29.3 Å². The highest BCUT2D eigenvalue weighted by atomic mass is 16.7. The van der Waals surface area contributed by atoms with Crippen LogP contribution in [-0.2, 0) is 4.84 Å². The first-order valence-electron chi connectivity index (χ1n) is 7.50. The third kappa shape index (κ3) is 2.47. The molecule has 1 aliphatic rings. The van der Waals surface area contributed by atoms with Crippen molar-refractivity contribution >= 4 is 17.8 Å². The van der Waals surface area contributed by atoms with Gasteiger partial charge in [-0.25, -0.2) is 14.7 Å². The molecule has 0 saturated heterocycles. The van der Waals surface area contributed by atoms with E-state index in [1.807, 2.05) is 0 Å². The maximum atomic E-state index is 12.4. The lowest BCUT2D eigenvalue weighted by atomic mass is 10.1. The maximum Gasteiger partial charge on any atom is 0.363 e. The van der Waals surface area contributed by atoms with Gasteiger partial charge in [0.1, 0.15) is 0 Å². The average molecular weight is 350 g/mol. The fraction of sp³-hybridized carbons (Fsp3) is 0. The fourth-order valence-electron chi connectivity index (χ4n) is 2.59. The number of amides is 2. The Balaban J connectivity index is 1.59. The average Bonchev–Trinajstić information content (AvgIpc) is 3.20. The number of imide groups is 1. The van der Waals surface area contributed by atoms with Gasteiger partial charge in [0.15, 0.2) is 5.82 Å². The summed E-state index contributed by atoms with van der Waals surface area (Å²) in [6.45, 7) is 0. The van der Waals surface area contributed by atoms with Crippen molar-refractivity contribution in [3.8, 4) is 11.4 Å². The van der Waals surface area contributed by atoms with Gasteiger partial charge in [0, 0.05) is 5.56 Å². The van der Waals surface area contributed by atoms with E-state index < -0.39 is 23.5 Å². The van der Waals surface area contributed by atoms with Gasteiger partial charge in [-0.3, -0.25) is 14.6 Å². The molecule has 4 rings (SSSR count). The molecule has 0 unspecified atom stereocenters. The first-order chi connectivity index (χ1) is 12.5. The zero-order valence-corrected chi connectivity index (χ0v) is 13.1. The molecule has 26 heavy (non-hydrogen) atoms. The Morgan fingerprint density at radius 2 is 1.65 bits per heavy atom. The van der Waals surface area contributed by atoms with Crippen molar-refractivity contribution in [1.82, 2.24) is 20.2 Å². The number of carbonyl (C=O) groups excluding carboxylic acids is 3. The van der Waals surface area contributed by atoms with Crippen LogP contribution in [0.4, 0.5) is 0 Å². The molecule has 9 heteroatoms. The smallest absolute Gasteiger partial charge is 0.324 e. The van der Waals surface area contributed by atoms with Crippen LogP contribution in [0.25, 0.3) is 11.4 Å². The van der Waals surface area contributed by atoms with Crippen molar-refractivity contribution in [2.75, 3.05) is 0 Å². The molecule has 0 fully saturated rings. The SMILES string of the molecule is O=C(ON1C(=O)c2ccccc2C1=O)c1cccc(-c2n[nH]c(=O)[nH]2)c1. The Kier molecular flexibility index (Phi) is 3.47. The topological polar surface area (TPSA) is 125 Å². The van der Waals surface area contributed by atoms with Gasteiger partial charge in [-0.05, 0) is 24.3 Å². The number of benzene rings is 2. The van der Waals surface area contributed by atoms with Crippen LogP contribution in [0.5, 0.6) is 0 Å². The van der Waals surface area contributed by atoms with E-state index in [0.29, 0.717) is 10.6 Å². The normalized spacial score (nSPS) is 13.0. The molecule has 1 aliphatic heterocycles. The number of nitrogens with zero attached hydrogens (tertiary/aromatic N) is 2. The van der Waals surface area contributed by atoms with E-state index in [1.165, 1.54) is 24.3 Å². The second kappa shape index (κ2) is 5.81. The summed E-state index contributed by atoms with van der Waals surface area (Å²) in [4.78, 5) is 55.4. The Labute approximate surface area is 145 Å². The minimum Gasteiger partial charge on any atom is -0.324 e. The molecule has 2 N–H and O–H groups in total. The highest BCUT2D eigenvalue weighted by Crippen LogP contribution is 2.24. The molecule has 2 amide bonds. The molecule has 9 nitrogen and oxygen atoms in total. The minimum absolute atomic E-state index is 0.0860.